The Morgan fingerprint density at radius 1 is 1.21 bits per heavy atom. The Kier molecular flexibility index (Phi) is 10.7. The maximum absolute atomic E-state index is 9.51. The van der Waals surface area contributed by atoms with Gasteiger partial charge in [0.25, 0.3) is 0 Å². The molecule has 8 atom stereocenters. The fourth-order valence-corrected chi connectivity index (χ4v) is 5.72. The monoisotopic (exact) mass is 526 g/mol. The molecule has 2 saturated heterocycles. The zero-order valence-corrected chi connectivity index (χ0v) is 21.9. The minimum absolute atomic E-state index is 0. The largest absolute Gasteiger partial charge is 1.00 e. The van der Waals surface area contributed by atoms with E-state index in [1.165, 1.54) is 19.3 Å². The maximum Gasteiger partial charge on any atom is 1.00 e. The molecular weight excluding hydrogens is 495 g/mol. The molecule has 3 aliphatic rings. The van der Waals surface area contributed by atoms with Crippen LogP contribution in [0.15, 0.2) is 33.5 Å². The number of carbonyl (C=O) groups is 1. The van der Waals surface area contributed by atoms with Gasteiger partial charge in [-0.05, 0) is 43.9 Å². The topological polar surface area (TPSA) is 99.7 Å². The van der Waals surface area contributed by atoms with Crippen LogP contribution >= 0.6 is 15.9 Å². The second-order valence-electron chi connectivity index (χ2n) is 9.38. The van der Waals surface area contributed by atoms with E-state index in [1.54, 1.807) is 0 Å². The first-order valence-electron chi connectivity index (χ1n) is 11.4. The molecule has 182 valence electrons. The SMILES string of the molecule is [CH-]=C(N=[N-])C(=O)O.[CH2-]c1ccc(O[C@H]2O[C@@H]3OC(C)CC[C@@H]4C3[C@@H](CC[C@H]4C)[C@H]2C)cc1Br.[Li+]. The normalized spacial score (nSPS) is 34.1. The van der Waals surface area contributed by atoms with Crippen LogP contribution in [0.1, 0.15) is 52.0 Å². The fourth-order valence-electron chi connectivity index (χ4n) is 5.36. The van der Waals surface area contributed by atoms with Gasteiger partial charge in [-0.25, -0.2) is 0 Å². The van der Waals surface area contributed by atoms with E-state index in [2.05, 4.69) is 55.3 Å². The zero-order chi connectivity index (χ0) is 24.3. The molecule has 4 rings (SSSR count). The summed E-state index contributed by atoms with van der Waals surface area (Å²) >= 11 is 3.54. The molecule has 7 nitrogen and oxygen atoms in total. The molecular formula is C25H32BrLiN2O5-2. The standard InChI is InChI=1S/C22H30BrO3.C3H2N2O2.Li/c1-12-6-9-18-15(4)21(25-16-8-5-13(2)19(23)11-16)26-22-20(18)17(12)10-7-14(3)24-22;1-2(5-4)3(6)7;/h5,8,11-12,14-15,17-18,20-22H,2,6-7,9-10H2,1,3-4H3;1H,(H,6,7);/q-1;-2;+1/t12-,14?,15-,17+,18+,20?,21+,22+;;/m1../s1. The summed E-state index contributed by atoms with van der Waals surface area (Å²) in [5.74, 6) is 2.35. The van der Waals surface area contributed by atoms with Gasteiger partial charge in [0.05, 0.1) is 11.9 Å². The molecule has 0 aromatic heterocycles. The Labute approximate surface area is 222 Å². The maximum atomic E-state index is 9.51. The predicted octanol–water partition coefficient (Wildman–Crippen LogP) is 3.22. The smallest absolute Gasteiger partial charge is 0.709 e. The van der Waals surface area contributed by atoms with Crippen LogP contribution in [0.25, 0.3) is 5.53 Å². The number of rotatable bonds is 4. The van der Waals surface area contributed by atoms with E-state index in [0.29, 0.717) is 23.7 Å². The van der Waals surface area contributed by atoms with Crippen LogP contribution in [0.4, 0.5) is 0 Å². The molecule has 0 spiro atoms. The summed E-state index contributed by atoms with van der Waals surface area (Å²) in [4.78, 5) is 9.51. The third-order valence-corrected chi connectivity index (χ3v) is 7.98. The second-order valence-corrected chi connectivity index (χ2v) is 10.2. The van der Waals surface area contributed by atoms with Crippen LogP contribution in [0.2, 0.25) is 0 Å². The quantitative estimate of drug-likeness (QED) is 0.281. The van der Waals surface area contributed by atoms with Crippen LogP contribution in [-0.2, 0) is 14.3 Å². The van der Waals surface area contributed by atoms with Crippen LogP contribution in [0, 0.1) is 43.1 Å². The van der Waals surface area contributed by atoms with Crippen molar-refractivity contribution in [2.45, 2.75) is 65.1 Å². The molecule has 3 fully saturated rings. The van der Waals surface area contributed by atoms with Crippen molar-refractivity contribution in [3.05, 3.63) is 53.0 Å². The number of halogens is 1. The van der Waals surface area contributed by atoms with E-state index in [9.17, 15) is 4.79 Å². The van der Waals surface area contributed by atoms with E-state index in [-0.39, 0.29) is 37.5 Å². The van der Waals surface area contributed by atoms with Gasteiger partial charge >= 0.3 is 18.9 Å². The molecule has 0 bridgehead atoms. The van der Waals surface area contributed by atoms with Crippen molar-refractivity contribution in [2.24, 2.45) is 34.7 Å². The molecule has 1 aliphatic carbocycles. The van der Waals surface area contributed by atoms with E-state index in [1.807, 2.05) is 18.2 Å². The molecule has 2 aliphatic heterocycles. The van der Waals surface area contributed by atoms with Gasteiger partial charge in [-0.15, -0.1) is 15.9 Å². The van der Waals surface area contributed by atoms with E-state index >= 15 is 0 Å². The number of ether oxygens (including phenoxy) is 3. The summed E-state index contributed by atoms with van der Waals surface area (Å²) in [6.07, 6.45) is 4.82. The Morgan fingerprint density at radius 2 is 1.88 bits per heavy atom. The molecule has 0 amide bonds. The predicted molar refractivity (Wildman–Crippen MR) is 127 cm³/mol. The molecule has 9 heteroatoms. The van der Waals surface area contributed by atoms with E-state index in [0.717, 1.165) is 28.1 Å². The molecule has 0 radical (unpaired) electrons. The van der Waals surface area contributed by atoms with Crippen molar-refractivity contribution in [1.29, 1.82) is 0 Å². The molecule has 34 heavy (non-hydrogen) atoms. The number of benzene rings is 1. The summed E-state index contributed by atoms with van der Waals surface area (Å²) < 4.78 is 20.0. The molecule has 1 saturated carbocycles. The van der Waals surface area contributed by atoms with Gasteiger partial charge in [0.1, 0.15) is 0 Å². The van der Waals surface area contributed by atoms with E-state index < -0.39 is 11.7 Å². The third kappa shape index (κ3) is 6.67. The van der Waals surface area contributed by atoms with Gasteiger partial charge < -0.3 is 34.8 Å². The molecule has 1 N–H and O–H groups in total. The van der Waals surface area contributed by atoms with Crippen LogP contribution in [0.5, 0.6) is 5.75 Å². The average molecular weight is 527 g/mol. The van der Waals surface area contributed by atoms with Gasteiger partial charge in [-0.1, -0.05) is 42.6 Å². The van der Waals surface area contributed by atoms with Gasteiger partial charge in [0.2, 0.25) is 6.29 Å². The van der Waals surface area contributed by atoms with Crippen molar-refractivity contribution < 1.29 is 43.0 Å². The number of nitrogens with zero attached hydrogens (tertiary/aromatic N) is 2. The second kappa shape index (κ2) is 12.6. The average Bonchev–Trinajstić information content (AvgIpc) is 2.94. The Hall–Kier alpha value is -1.30. The van der Waals surface area contributed by atoms with Crippen LogP contribution in [-0.4, -0.2) is 29.8 Å². The first-order chi connectivity index (χ1) is 15.6. The number of hydrogen-bond donors (Lipinski definition) is 1. The van der Waals surface area contributed by atoms with Crippen molar-refractivity contribution in [1.82, 2.24) is 0 Å². The third-order valence-electron chi connectivity index (χ3n) is 7.24. The number of hydrogen-bond acceptors (Lipinski definition) is 5. The summed E-state index contributed by atoms with van der Waals surface area (Å²) in [6.45, 7) is 15.4. The summed E-state index contributed by atoms with van der Waals surface area (Å²) in [5.41, 5.74) is 7.74. The van der Waals surface area contributed by atoms with Gasteiger partial charge in [0, 0.05) is 11.8 Å². The Balaban J connectivity index is 0.000000449. The number of aliphatic carboxylic acids is 1. The van der Waals surface area contributed by atoms with Gasteiger partial charge in [-0.2, -0.15) is 18.6 Å². The van der Waals surface area contributed by atoms with Gasteiger partial charge in [-0.3, -0.25) is 6.58 Å². The van der Waals surface area contributed by atoms with Gasteiger partial charge in [0.15, 0.2) is 12.3 Å². The van der Waals surface area contributed by atoms with E-state index in [4.69, 9.17) is 24.8 Å². The van der Waals surface area contributed by atoms with Crippen LogP contribution in [0.3, 0.4) is 0 Å². The zero-order valence-electron chi connectivity index (χ0n) is 20.3. The minimum Gasteiger partial charge on any atom is -0.709 e. The first-order valence-corrected chi connectivity index (χ1v) is 12.2. The molecule has 2 unspecified atom stereocenters. The fraction of sp³-hybridized carbons (Fsp3) is 0.600. The number of carboxylic acid groups (broad SMARTS) is 1. The summed E-state index contributed by atoms with van der Waals surface area (Å²) in [7, 11) is 0. The summed E-state index contributed by atoms with van der Waals surface area (Å²) in [5, 5.41) is 9.95. The Bertz CT molecular complexity index is 885. The van der Waals surface area contributed by atoms with Crippen molar-refractivity contribution in [2.75, 3.05) is 0 Å². The number of carboxylic acids is 1. The molecule has 1 aromatic rings. The Morgan fingerprint density at radius 3 is 2.47 bits per heavy atom. The molecule has 2 heterocycles. The van der Waals surface area contributed by atoms with Crippen LogP contribution < -0.4 is 23.6 Å². The first kappa shape index (κ1) is 28.9. The molecule has 1 aromatic carbocycles. The minimum atomic E-state index is -1.43. The van der Waals surface area contributed by atoms with Crippen molar-refractivity contribution >= 4 is 21.9 Å². The van der Waals surface area contributed by atoms with Crippen molar-refractivity contribution in [3.63, 3.8) is 0 Å². The van der Waals surface area contributed by atoms with Crippen molar-refractivity contribution in [3.8, 4) is 5.75 Å². The summed E-state index contributed by atoms with van der Waals surface area (Å²) in [6, 6.07) is 5.92.